The standard InChI is InChI=1S/C13H12ClN3/c14-10-5-3-9(4-6-10)13-16-8-12-11(17-13)2-1-7-15-12/h1-7,13,16-17H,8H2. The van der Waals surface area contributed by atoms with Gasteiger partial charge in [0, 0.05) is 17.8 Å². The lowest BCUT2D eigenvalue weighted by molar-refractivity contribution is 0.556. The molecule has 0 spiro atoms. The van der Waals surface area contributed by atoms with Crippen molar-refractivity contribution in [1.29, 1.82) is 0 Å². The first-order valence-electron chi connectivity index (χ1n) is 5.52. The van der Waals surface area contributed by atoms with E-state index in [1.165, 1.54) is 5.56 Å². The lowest BCUT2D eigenvalue weighted by atomic mass is 10.1. The van der Waals surface area contributed by atoms with Crippen LogP contribution >= 0.6 is 11.6 Å². The first-order valence-corrected chi connectivity index (χ1v) is 5.90. The fourth-order valence-corrected chi connectivity index (χ4v) is 2.10. The van der Waals surface area contributed by atoms with Crippen LogP contribution in [0.5, 0.6) is 0 Å². The summed E-state index contributed by atoms with van der Waals surface area (Å²) < 4.78 is 0. The number of rotatable bonds is 1. The molecule has 17 heavy (non-hydrogen) atoms. The number of pyridine rings is 1. The molecule has 3 nitrogen and oxygen atoms in total. The number of anilines is 1. The molecule has 2 aromatic rings. The number of nitrogens with one attached hydrogen (secondary N) is 2. The largest absolute Gasteiger partial charge is 0.364 e. The van der Waals surface area contributed by atoms with Crippen LogP contribution in [-0.2, 0) is 6.54 Å². The molecule has 1 aliphatic heterocycles. The van der Waals surface area contributed by atoms with Crippen LogP contribution in [0.3, 0.4) is 0 Å². The van der Waals surface area contributed by atoms with E-state index in [-0.39, 0.29) is 6.17 Å². The van der Waals surface area contributed by atoms with E-state index in [1.54, 1.807) is 0 Å². The number of fused-ring (bicyclic) bond motifs is 1. The van der Waals surface area contributed by atoms with Gasteiger partial charge in [-0.25, -0.2) is 0 Å². The number of nitrogens with zero attached hydrogens (tertiary/aromatic N) is 1. The first kappa shape index (κ1) is 10.6. The molecule has 2 heterocycles. The van der Waals surface area contributed by atoms with Gasteiger partial charge in [-0.05, 0) is 29.8 Å². The predicted molar refractivity (Wildman–Crippen MR) is 68.9 cm³/mol. The molecule has 3 rings (SSSR count). The van der Waals surface area contributed by atoms with E-state index in [1.807, 2.05) is 42.6 Å². The predicted octanol–water partition coefficient (Wildman–Crippen LogP) is 2.95. The summed E-state index contributed by atoms with van der Waals surface area (Å²) >= 11 is 5.88. The van der Waals surface area contributed by atoms with Crippen molar-refractivity contribution in [2.75, 3.05) is 5.32 Å². The quantitative estimate of drug-likeness (QED) is 0.811. The third-order valence-corrected chi connectivity index (χ3v) is 3.12. The van der Waals surface area contributed by atoms with Gasteiger partial charge in [0.1, 0.15) is 6.17 Å². The van der Waals surface area contributed by atoms with Crippen molar-refractivity contribution in [2.45, 2.75) is 12.7 Å². The Labute approximate surface area is 105 Å². The van der Waals surface area contributed by atoms with Gasteiger partial charge in [0.25, 0.3) is 0 Å². The summed E-state index contributed by atoms with van der Waals surface area (Å²) in [6.45, 7) is 0.774. The van der Waals surface area contributed by atoms with Gasteiger partial charge in [0.05, 0.1) is 11.4 Å². The molecule has 0 radical (unpaired) electrons. The normalized spacial score (nSPS) is 18.3. The topological polar surface area (TPSA) is 37.0 Å². The molecule has 2 N–H and O–H groups in total. The van der Waals surface area contributed by atoms with E-state index in [4.69, 9.17) is 11.6 Å². The van der Waals surface area contributed by atoms with Crippen molar-refractivity contribution in [3.05, 3.63) is 58.9 Å². The average molecular weight is 246 g/mol. The Morgan fingerprint density at radius 2 is 2.00 bits per heavy atom. The van der Waals surface area contributed by atoms with Crippen LogP contribution in [0.25, 0.3) is 0 Å². The highest BCUT2D eigenvalue weighted by Crippen LogP contribution is 2.25. The fourth-order valence-electron chi connectivity index (χ4n) is 1.97. The highest BCUT2D eigenvalue weighted by Gasteiger charge is 2.18. The third-order valence-electron chi connectivity index (χ3n) is 2.87. The van der Waals surface area contributed by atoms with Gasteiger partial charge in [-0.2, -0.15) is 0 Å². The second-order valence-corrected chi connectivity index (χ2v) is 4.44. The van der Waals surface area contributed by atoms with Crippen molar-refractivity contribution >= 4 is 17.3 Å². The average Bonchev–Trinajstić information content (AvgIpc) is 2.39. The zero-order valence-electron chi connectivity index (χ0n) is 9.15. The Bertz CT molecular complexity index is 524. The van der Waals surface area contributed by atoms with Crippen molar-refractivity contribution < 1.29 is 0 Å². The van der Waals surface area contributed by atoms with Gasteiger partial charge < -0.3 is 5.32 Å². The zero-order chi connectivity index (χ0) is 11.7. The highest BCUT2D eigenvalue weighted by molar-refractivity contribution is 6.30. The van der Waals surface area contributed by atoms with Crippen LogP contribution < -0.4 is 10.6 Å². The molecule has 0 fully saturated rings. The van der Waals surface area contributed by atoms with Gasteiger partial charge in [0.2, 0.25) is 0 Å². The maximum absolute atomic E-state index is 5.88. The fraction of sp³-hybridized carbons (Fsp3) is 0.154. The van der Waals surface area contributed by atoms with E-state index < -0.39 is 0 Å². The van der Waals surface area contributed by atoms with E-state index in [0.717, 1.165) is 22.9 Å². The SMILES string of the molecule is Clc1ccc(C2NCc3ncccc3N2)cc1. The lowest BCUT2D eigenvalue weighted by Crippen LogP contribution is -2.33. The van der Waals surface area contributed by atoms with Crippen molar-refractivity contribution in [3.8, 4) is 0 Å². The molecule has 4 heteroatoms. The van der Waals surface area contributed by atoms with Crippen LogP contribution in [0.4, 0.5) is 5.69 Å². The summed E-state index contributed by atoms with van der Waals surface area (Å²) in [6.07, 6.45) is 1.93. The van der Waals surface area contributed by atoms with Gasteiger partial charge in [-0.1, -0.05) is 23.7 Å². The van der Waals surface area contributed by atoms with Crippen molar-refractivity contribution in [3.63, 3.8) is 0 Å². The summed E-state index contributed by atoms with van der Waals surface area (Å²) in [5, 5.41) is 7.57. The smallest absolute Gasteiger partial charge is 0.104 e. The number of hydrogen-bond acceptors (Lipinski definition) is 3. The Kier molecular flexibility index (Phi) is 2.71. The number of benzene rings is 1. The first-order chi connectivity index (χ1) is 8.33. The Morgan fingerprint density at radius 3 is 2.82 bits per heavy atom. The molecule has 1 aromatic heterocycles. The minimum absolute atomic E-state index is 0.115. The van der Waals surface area contributed by atoms with Crippen LogP contribution in [0.15, 0.2) is 42.6 Å². The van der Waals surface area contributed by atoms with Crippen LogP contribution in [0, 0.1) is 0 Å². The summed E-state index contributed by atoms with van der Waals surface area (Å²) in [7, 11) is 0. The van der Waals surface area contributed by atoms with E-state index >= 15 is 0 Å². The number of hydrogen-bond donors (Lipinski definition) is 2. The highest BCUT2D eigenvalue weighted by atomic mass is 35.5. The molecule has 0 aliphatic carbocycles. The van der Waals surface area contributed by atoms with Gasteiger partial charge in [-0.15, -0.1) is 0 Å². The number of halogens is 1. The lowest BCUT2D eigenvalue weighted by Gasteiger charge is -2.27. The second-order valence-electron chi connectivity index (χ2n) is 4.01. The summed E-state index contributed by atoms with van der Waals surface area (Å²) in [5.74, 6) is 0. The van der Waals surface area contributed by atoms with Gasteiger partial charge in [0.15, 0.2) is 0 Å². The summed E-state index contributed by atoms with van der Waals surface area (Å²) in [4.78, 5) is 4.32. The molecule has 1 unspecified atom stereocenters. The zero-order valence-corrected chi connectivity index (χ0v) is 9.91. The maximum Gasteiger partial charge on any atom is 0.104 e. The molecule has 0 saturated heterocycles. The number of aromatic nitrogens is 1. The molecular formula is C13H12ClN3. The summed E-state index contributed by atoms with van der Waals surface area (Å²) in [5.41, 5.74) is 3.31. The van der Waals surface area contributed by atoms with Crippen molar-refractivity contribution in [1.82, 2.24) is 10.3 Å². The van der Waals surface area contributed by atoms with Crippen LogP contribution in [-0.4, -0.2) is 4.98 Å². The molecule has 1 atom stereocenters. The third kappa shape index (κ3) is 2.12. The Morgan fingerprint density at radius 1 is 1.18 bits per heavy atom. The molecule has 0 bridgehead atoms. The Hall–Kier alpha value is -1.58. The second kappa shape index (κ2) is 4.35. The van der Waals surface area contributed by atoms with Crippen molar-refractivity contribution in [2.24, 2.45) is 0 Å². The molecule has 0 amide bonds. The van der Waals surface area contributed by atoms with Crippen LogP contribution in [0.1, 0.15) is 17.4 Å². The molecule has 0 saturated carbocycles. The molecular weight excluding hydrogens is 234 g/mol. The maximum atomic E-state index is 5.88. The Balaban J connectivity index is 1.86. The molecule has 1 aliphatic rings. The molecule has 1 aromatic carbocycles. The van der Waals surface area contributed by atoms with Gasteiger partial charge in [-0.3, -0.25) is 10.3 Å². The van der Waals surface area contributed by atoms with Gasteiger partial charge >= 0.3 is 0 Å². The monoisotopic (exact) mass is 245 g/mol. The minimum atomic E-state index is 0.115. The molecule has 86 valence electrons. The van der Waals surface area contributed by atoms with E-state index in [9.17, 15) is 0 Å². The van der Waals surface area contributed by atoms with Crippen LogP contribution in [0.2, 0.25) is 5.02 Å². The van der Waals surface area contributed by atoms with E-state index in [0.29, 0.717) is 0 Å². The summed E-state index contributed by atoms with van der Waals surface area (Å²) in [6, 6.07) is 11.8. The minimum Gasteiger partial charge on any atom is -0.364 e. The van der Waals surface area contributed by atoms with E-state index in [2.05, 4.69) is 15.6 Å².